The van der Waals surface area contributed by atoms with Crippen molar-refractivity contribution in [1.29, 1.82) is 0 Å². The lowest BCUT2D eigenvalue weighted by Crippen LogP contribution is -1.99. The minimum Gasteiger partial charge on any atom is -0.478 e. The molecule has 0 aliphatic heterocycles. The van der Waals surface area contributed by atoms with Crippen molar-refractivity contribution < 1.29 is 4.74 Å². The van der Waals surface area contributed by atoms with Gasteiger partial charge in [-0.25, -0.2) is 4.98 Å². The highest BCUT2D eigenvalue weighted by atomic mass is 35.5. The van der Waals surface area contributed by atoms with Gasteiger partial charge in [-0.3, -0.25) is 0 Å². The Morgan fingerprint density at radius 2 is 2.35 bits per heavy atom. The van der Waals surface area contributed by atoms with Crippen LogP contribution in [0, 0.1) is 0 Å². The zero-order valence-electron chi connectivity index (χ0n) is 9.44. The summed E-state index contributed by atoms with van der Waals surface area (Å²) in [7, 11) is 0. The number of nitrogens with zero attached hydrogens (tertiary/aromatic N) is 1. The van der Waals surface area contributed by atoms with Crippen molar-refractivity contribution in [2.75, 3.05) is 11.9 Å². The first-order valence-corrected chi connectivity index (χ1v) is 6.59. The third-order valence-electron chi connectivity index (χ3n) is 2.12. The molecule has 90 valence electrons. The van der Waals surface area contributed by atoms with Crippen LogP contribution in [-0.2, 0) is 6.54 Å². The molecule has 0 aromatic carbocycles. The van der Waals surface area contributed by atoms with Crippen LogP contribution in [0.3, 0.4) is 0 Å². The van der Waals surface area contributed by atoms with Gasteiger partial charge in [0.15, 0.2) is 0 Å². The van der Waals surface area contributed by atoms with Gasteiger partial charge in [0.2, 0.25) is 5.88 Å². The van der Waals surface area contributed by atoms with Crippen LogP contribution in [-0.4, -0.2) is 11.6 Å². The number of halogens is 1. The molecule has 2 aromatic rings. The van der Waals surface area contributed by atoms with Gasteiger partial charge in [0.1, 0.15) is 0 Å². The van der Waals surface area contributed by atoms with E-state index in [2.05, 4.69) is 10.3 Å². The second-order valence-electron chi connectivity index (χ2n) is 3.40. The van der Waals surface area contributed by atoms with Gasteiger partial charge in [0.05, 0.1) is 23.5 Å². The lowest BCUT2D eigenvalue weighted by Gasteiger charge is -2.05. The van der Waals surface area contributed by atoms with Gasteiger partial charge in [-0.2, -0.15) is 0 Å². The molecule has 0 aliphatic rings. The number of thiophene rings is 1. The summed E-state index contributed by atoms with van der Waals surface area (Å²) in [6.45, 7) is 3.33. The van der Waals surface area contributed by atoms with Crippen LogP contribution in [0.15, 0.2) is 29.8 Å². The molecule has 0 saturated carbocycles. The molecule has 0 saturated heterocycles. The highest BCUT2D eigenvalue weighted by Gasteiger charge is 1.99. The predicted octanol–water partition coefficient (Wildman–Crippen LogP) is 3.81. The smallest absolute Gasteiger partial charge is 0.213 e. The Morgan fingerprint density at radius 1 is 1.47 bits per heavy atom. The van der Waals surface area contributed by atoms with Gasteiger partial charge in [0, 0.05) is 22.9 Å². The molecule has 0 amide bonds. The molecule has 5 heteroatoms. The van der Waals surface area contributed by atoms with Crippen LogP contribution in [0.25, 0.3) is 0 Å². The molecule has 2 rings (SSSR count). The first-order chi connectivity index (χ1) is 8.28. The molecule has 0 unspecified atom stereocenters. The molecule has 1 N–H and O–H groups in total. The van der Waals surface area contributed by atoms with Gasteiger partial charge in [-0.15, -0.1) is 11.3 Å². The Hall–Kier alpha value is -1.26. The van der Waals surface area contributed by atoms with Crippen LogP contribution in [0.1, 0.15) is 11.8 Å². The van der Waals surface area contributed by atoms with Crippen molar-refractivity contribution in [1.82, 2.24) is 4.98 Å². The second kappa shape index (κ2) is 5.89. The maximum absolute atomic E-state index is 5.85. The minimum atomic E-state index is 0.632. The number of hydrogen-bond acceptors (Lipinski definition) is 4. The Labute approximate surface area is 109 Å². The highest BCUT2D eigenvalue weighted by Crippen LogP contribution is 2.20. The van der Waals surface area contributed by atoms with Gasteiger partial charge < -0.3 is 10.1 Å². The lowest BCUT2D eigenvalue weighted by atomic mass is 10.4. The fraction of sp³-hybridized carbons (Fsp3) is 0.250. The maximum Gasteiger partial charge on any atom is 0.213 e. The molecule has 17 heavy (non-hydrogen) atoms. The summed E-state index contributed by atoms with van der Waals surface area (Å²) in [5.74, 6) is 0.650. The molecule has 2 heterocycles. The van der Waals surface area contributed by atoms with Crippen molar-refractivity contribution in [3.8, 4) is 5.88 Å². The Morgan fingerprint density at radius 3 is 2.94 bits per heavy atom. The number of aromatic nitrogens is 1. The first-order valence-electron chi connectivity index (χ1n) is 5.33. The molecule has 3 nitrogen and oxygen atoms in total. The topological polar surface area (TPSA) is 34.1 Å². The van der Waals surface area contributed by atoms with Crippen LogP contribution in [0.2, 0.25) is 5.02 Å². The molecule has 0 bridgehead atoms. The SMILES string of the molecule is CCOc1ccc(NCc2cc(Cl)cs2)cn1. The van der Waals surface area contributed by atoms with E-state index in [0.717, 1.165) is 17.3 Å². The second-order valence-corrected chi connectivity index (χ2v) is 4.84. The van der Waals surface area contributed by atoms with Crippen LogP contribution in [0.4, 0.5) is 5.69 Å². The average molecular weight is 269 g/mol. The number of nitrogens with one attached hydrogen (secondary N) is 1. The Balaban J connectivity index is 1.90. The largest absolute Gasteiger partial charge is 0.478 e. The number of anilines is 1. The van der Waals surface area contributed by atoms with Crippen molar-refractivity contribution in [2.45, 2.75) is 13.5 Å². The average Bonchev–Trinajstić information content (AvgIpc) is 2.75. The molecule has 0 fully saturated rings. The van der Waals surface area contributed by atoms with Crippen LogP contribution in [0.5, 0.6) is 5.88 Å². The highest BCUT2D eigenvalue weighted by molar-refractivity contribution is 7.10. The summed E-state index contributed by atoms with van der Waals surface area (Å²) in [5.41, 5.74) is 0.970. The predicted molar refractivity (Wildman–Crippen MR) is 72.1 cm³/mol. The number of rotatable bonds is 5. The molecule has 0 atom stereocenters. The van der Waals surface area contributed by atoms with Gasteiger partial charge in [-0.05, 0) is 19.1 Å². The van der Waals surface area contributed by atoms with Crippen LogP contribution >= 0.6 is 22.9 Å². The zero-order chi connectivity index (χ0) is 12.1. The van der Waals surface area contributed by atoms with E-state index >= 15 is 0 Å². The monoisotopic (exact) mass is 268 g/mol. The van der Waals surface area contributed by atoms with Crippen molar-refractivity contribution in [3.63, 3.8) is 0 Å². The summed E-state index contributed by atoms with van der Waals surface area (Å²) in [5, 5.41) is 5.99. The van der Waals surface area contributed by atoms with Gasteiger partial charge in [-0.1, -0.05) is 11.6 Å². The van der Waals surface area contributed by atoms with E-state index in [-0.39, 0.29) is 0 Å². The Kier molecular flexibility index (Phi) is 4.23. The summed E-state index contributed by atoms with van der Waals surface area (Å²) in [6.07, 6.45) is 1.76. The van der Waals surface area contributed by atoms with E-state index in [1.165, 1.54) is 4.88 Å². The summed E-state index contributed by atoms with van der Waals surface area (Å²) < 4.78 is 5.27. The van der Waals surface area contributed by atoms with E-state index in [9.17, 15) is 0 Å². The maximum atomic E-state index is 5.85. The van der Waals surface area contributed by atoms with E-state index < -0.39 is 0 Å². The number of ether oxygens (including phenoxy) is 1. The zero-order valence-corrected chi connectivity index (χ0v) is 11.0. The normalized spacial score (nSPS) is 10.2. The number of hydrogen-bond donors (Lipinski definition) is 1. The molecule has 0 aliphatic carbocycles. The lowest BCUT2D eigenvalue weighted by molar-refractivity contribution is 0.327. The van der Waals surface area contributed by atoms with E-state index in [4.69, 9.17) is 16.3 Å². The quantitative estimate of drug-likeness (QED) is 0.895. The fourth-order valence-corrected chi connectivity index (χ4v) is 2.37. The van der Waals surface area contributed by atoms with Crippen LogP contribution < -0.4 is 10.1 Å². The first kappa shape index (κ1) is 12.2. The summed E-state index contributed by atoms with van der Waals surface area (Å²) in [4.78, 5) is 5.38. The third kappa shape index (κ3) is 3.61. The van der Waals surface area contributed by atoms with Crippen molar-refractivity contribution >= 4 is 28.6 Å². The van der Waals surface area contributed by atoms with Crippen molar-refractivity contribution in [3.05, 3.63) is 39.7 Å². The standard InChI is InChI=1S/C12H13ClN2OS/c1-2-16-12-4-3-10(6-15-12)14-7-11-5-9(13)8-17-11/h3-6,8,14H,2,7H2,1H3. The minimum absolute atomic E-state index is 0.632. The molecule has 0 radical (unpaired) electrons. The Bertz CT molecular complexity index is 470. The van der Waals surface area contributed by atoms with Gasteiger partial charge >= 0.3 is 0 Å². The number of pyridine rings is 1. The molecular formula is C12H13ClN2OS. The van der Waals surface area contributed by atoms with Crippen molar-refractivity contribution in [2.24, 2.45) is 0 Å². The van der Waals surface area contributed by atoms with E-state index in [0.29, 0.717) is 12.5 Å². The van der Waals surface area contributed by atoms with E-state index in [1.54, 1.807) is 17.5 Å². The molecular weight excluding hydrogens is 256 g/mol. The molecule has 0 spiro atoms. The third-order valence-corrected chi connectivity index (χ3v) is 3.40. The van der Waals surface area contributed by atoms with Gasteiger partial charge in [0.25, 0.3) is 0 Å². The summed E-state index contributed by atoms with van der Waals surface area (Å²) in [6, 6.07) is 5.77. The summed E-state index contributed by atoms with van der Waals surface area (Å²) >= 11 is 7.49. The molecule has 2 aromatic heterocycles. The van der Waals surface area contributed by atoms with E-state index in [1.807, 2.05) is 30.5 Å². The fourth-order valence-electron chi connectivity index (χ4n) is 1.35.